The van der Waals surface area contributed by atoms with Gasteiger partial charge in [-0.05, 0) is 49.6 Å². The molecule has 276 valence electrons. The number of carbonyl (C=O) groups is 6. The predicted molar refractivity (Wildman–Crippen MR) is 176 cm³/mol. The van der Waals surface area contributed by atoms with E-state index in [2.05, 4.69) is 20.6 Å². The molecule has 1 saturated heterocycles. The molecular formula is C34H35F3N6O9. The minimum atomic E-state index is -5.08. The smallest absolute Gasteiger partial charge is 0.478 e. The van der Waals surface area contributed by atoms with Crippen LogP contribution in [0.25, 0.3) is 0 Å². The second kappa shape index (κ2) is 16.0. The number of amides is 2. The average molecular weight is 729 g/mol. The first-order valence-corrected chi connectivity index (χ1v) is 15.8. The number of nitrogens with one attached hydrogen (secondary N) is 2. The summed E-state index contributed by atoms with van der Waals surface area (Å²) in [5.41, 5.74) is 4.82. The first-order chi connectivity index (χ1) is 24.6. The molecule has 15 nitrogen and oxygen atoms in total. The third-order valence-corrected chi connectivity index (χ3v) is 8.39. The molecule has 0 saturated carbocycles. The van der Waals surface area contributed by atoms with E-state index in [1.807, 2.05) is 6.07 Å². The predicted octanol–water partition coefficient (Wildman–Crippen LogP) is 2.20. The fourth-order valence-corrected chi connectivity index (χ4v) is 5.84. The first-order valence-electron chi connectivity index (χ1n) is 15.8. The molecule has 1 aromatic heterocycles. The van der Waals surface area contributed by atoms with E-state index in [0.29, 0.717) is 54.8 Å². The molecule has 5 N–H and O–H groups in total. The number of aryl methyl sites for hydroxylation is 2. The summed E-state index contributed by atoms with van der Waals surface area (Å²) in [6.45, 7) is 3.55. The number of nitrogens with two attached hydrogens (primary N) is 1. The van der Waals surface area contributed by atoms with E-state index in [9.17, 15) is 37.1 Å². The van der Waals surface area contributed by atoms with Gasteiger partial charge in [-0.2, -0.15) is 18.2 Å². The van der Waals surface area contributed by atoms with Gasteiger partial charge in [0.05, 0.1) is 24.4 Å². The second-order valence-corrected chi connectivity index (χ2v) is 12.0. The van der Waals surface area contributed by atoms with Crippen LogP contribution in [0.1, 0.15) is 41.4 Å². The van der Waals surface area contributed by atoms with Gasteiger partial charge in [-0.25, -0.2) is 14.6 Å². The van der Waals surface area contributed by atoms with Gasteiger partial charge in [0.15, 0.2) is 0 Å². The summed E-state index contributed by atoms with van der Waals surface area (Å²) >= 11 is 0. The Kier molecular flexibility index (Phi) is 11.9. The number of anilines is 2. The number of carbonyl (C=O) groups excluding carboxylic acids is 5. The van der Waals surface area contributed by atoms with Crippen molar-refractivity contribution in [2.24, 2.45) is 5.92 Å². The molecule has 5 rings (SSSR count). The van der Waals surface area contributed by atoms with E-state index in [1.54, 1.807) is 62.4 Å². The minimum absolute atomic E-state index is 0.0409. The monoisotopic (exact) mass is 728 g/mol. The van der Waals surface area contributed by atoms with E-state index in [0.717, 1.165) is 5.56 Å². The number of aldehydes is 2. The van der Waals surface area contributed by atoms with Gasteiger partial charge in [0.2, 0.25) is 17.7 Å². The molecule has 0 radical (unpaired) electrons. The maximum atomic E-state index is 13.6. The fourth-order valence-electron chi connectivity index (χ4n) is 5.84. The molecule has 2 amide bonds. The van der Waals surface area contributed by atoms with Gasteiger partial charge in [-0.1, -0.05) is 31.2 Å². The number of carboxylic acid groups (broad SMARTS) is 1. The molecule has 3 atom stereocenters. The van der Waals surface area contributed by atoms with Gasteiger partial charge in [-0.3, -0.25) is 14.9 Å². The molecule has 0 aliphatic carbocycles. The summed E-state index contributed by atoms with van der Waals surface area (Å²) in [7, 11) is 0. The molecule has 3 aromatic rings. The fraction of sp³-hybridized carbons (Fsp3) is 0.353. The Balaban J connectivity index is 0.000000785. The normalized spacial score (nSPS) is 19.8. The highest BCUT2D eigenvalue weighted by Crippen LogP contribution is 2.47. The molecule has 18 heteroatoms. The van der Waals surface area contributed by atoms with Gasteiger partial charge in [0, 0.05) is 30.6 Å². The number of nitrogens with zero attached hydrogens (tertiary/aromatic N) is 3. The van der Waals surface area contributed by atoms with E-state index >= 15 is 0 Å². The molecular weight excluding hydrogens is 693 g/mol. The summed E-state index contributed by atoms with van der Waals surface area (Å²) in [6.07, 6.45) is -3.03. The number of carboxylic acids is 1. The zero-order valence-electron chi connectivity index (χ0n) is 27.9. The number of rotatable bonds is 13. The number of para-hydroxylation sites is 1. The van der Waals surface area contributed by atoms with Crippen molar-refractivity contribution in [1.82, 2.24) is 20.6 Å². The lowest BCUT2D eigenvalue weighted by molar-refractivity contribution is -0.192. The summed E-state index contributed by atoms with van der Waals surface area (Å²) < 4.78 is 43.1. The molecule has 3 heterocycles. The van der Waals surface area contributed by atoms with Gasteiger partial charge in [-0.15, -0.1) is 0 Å². The minimum Gasteiger partial charge on any atom is -0.478 e. The second-order valence-electron chi connectivity index (χ2n) is 12.0. The number of nitrogen functional groups attached to an aromatic ring is 1. The maximum Gasteiger partial charge on any atom is 0.490 e. The van der Waals surface area contributed by atoms with Crippen molar-refractivity contribution in [3.05, 3.63) is 71.4 Å². The van der Waals surface area contributed by atoms with Crippen LogP contribution in [0.4, 0.5) is 24.8 Å². The standard InChI is InChI=1S/C32H34N6O7.C2HF3O2/c1-20(32(31(19-40,37-32)12-13-39)29(43)45-23-8-4-3-5-9-23)18-38-25-11-10-22(16-24(25)28(42)34-17-27(38)41)7-6-14-44-26-15-21(2)35-30(33)36-26;3-2(4,5)1(6)7/h3-5,8-11,13,15-16,19-20,37H,6-7,12,14,17-18H2,1-2H3,(H,34,42)(H2,33,35,36);(H,6,7)/t20?,31?,32-;/m0./s1. The Bertz CT molecular complexity index is 1820. The van der Waals surface area contributed by atoms with E-state index in [-0.39, 0.29) is 31.2 Å². The largest absolute Gasteiger partial charge is 0.490 e. The Labute approximate surface area is 294 Å². The number of ether oxygens (including phenoxy) is 2. The number of hydrogen-bond acceptors (Lipinski definition) is 12. The van der Waals surface area contributed by atoms with Crippen LogP contribution in [-0.4, -0.2) is 88.4 Å². The molecule has 0 bridgehead atoms. The molecule has 2 aromatic carbocycles. The van der Waals surface area contributed by atoms with Crippen molar-refractivity contribution >= 4 is 48.0 Å². The van der Waals surface area contributed by atoms with Crippen LogP contribution in [0, 0.1) is 12.8 Å². The zero-order chi connectivity index (χ0) is 38.3. The van der Waals surface area contributed by atoms with E-state index < -0.39 is 46.9 Å². The Morgan fingerprint density at radius 2 is 1.81 bits per heavy atom. The third kappa shape index (κ3) is 8.68. The SMILES string of the molecule is Cc1cc(OCCCc2ccc3c(c2)C(=O)NCC(=O)N3CC(C)[C@@]2(C(=O)Oc3ccccc3)NC2(C=O)CC=O)nc(N)n1.O=C(O)C(F)(F)F. The van der Waals surface area contributed by atoms with E-state index in [1.165, 1.54) is 4.90 Å². The summed E-state index contributed by atoms with van der Waals surface area (Å²) in [5, 5.41) is 12.7. The number of halogens is 3. The van der Waals surface area contributed by atoms with Crippen LogP contribution < -0.4 is 30.7 Å². The van der Waals surface area contributed by atoms with Crippen molar-refractivity contribution in [1.29, 1.82) is 0 Å². The lowest BCUT2D eigenvalue weighted by Crippen LogP contribution is -2.50. The molecule has 2 aliphatic rings. The van der Waals surface area contributed by atoms with Crippen LogP contribution in [0.2, 0.25) is 0 Å². The van der Waals surface area contributed by atoms with Crippen LogP contribution in [0.15, 0.2) is 54.6 Å². The quantitative estimate of drug-likeness (QED) is 0.0651. The highest BCUT2D eigenvalue weighted by molar-refractivity contribution is 6.10. The van der Waals surface area contributed by atoms with Gasteiger partial charge in [0.25, 0.3) is 5.91 Å². The number of benzene rings is 2. The van der Waals surface area contributed by atoms with Crippen molar-refractivity contribution in [2.75, 3.05) is 30.3 Å². The van der Waals surface area contributed by atoms with Crippen LogP contribution in [0.3, 0.4) is 0 Å². The number of fused-ring (bicyclic) bond motifs is 1. The van der Waals surface area contributed by atoms with Crippen molar-refractivity contribution in [2.45, 2.75) is 50.4 Å². The van der Waals surface area contributed by atoms with Crippen LogP contribution in [0.5, 0.6) is 11.6 Å². The summed E-state index contributed by atoms with van der Waals surface area (Å²) in [6, 6.07) is 15.3. The Morgan fingerprint density at radius 3 is 2.42 bits per heavy atom. The van der Waals surface area contributed by atoms with Crippen LogP contribution in [-0.2, 0) is 30.4 Å². The van der Waals surface area contributed by atoms with Crippen LogP contribution >= 0.6 is 0 Å². The molecule has 1 fully saturated rings. The third-order valence-electron chi connectivity index (χ3n) is 8.39. The summed E-state index contributed by atoms with van der Waals surface area (Å²) in [4.78, 5) is 82.2. The molecule has 52 heavy (non-hydrogen) atoms. The van der Waals surface area contributed by atoms with E-state index in [4.69, 9.17) is 25.1 Å². The lowest BCUT2D eigenvalue weighted by Gasteiger charge is -2.30. The number of alkyl halides is 3. The Morgan fingerprint density at radius 1 is 1.12 bits per heavy atom. The molecule has 2 unspecified atom stereocenters. The lowest BCUT2D eigenvalue weighted by atomic mass is 9.81. The van der Waals surface area contributed by atoms with Gasteiger partial charge < -0.3 is 40.1 Å². The highest BCUT2D eigenvalue weighted by Gasteiger charge is 2.75. The number of aromatic nitrogens is 2. The van der Waals surface area contributed by atoms with Crippen molar-refractivity contribution in [3.63, 3.8) is 0 Å². The number of esters is 1. The summed E-state index contributed by atoms with van der Waals surface area (Å²) in [5.74, 6) is -4.23. The number of aliphatic carboxylic acids is 1. The average Bonchev–Trinajstić information content (AvgIpc) is 3.79. The zero-order valence-corrected chi connectivity index (χ0v) is 27.9. The highest BCUT2D eigenvalue weighted by atomic mass is 19.4. The van der Waals surface area contributed by atoms with Crippen molar-refractivity contribution < 1.29 is 56.5 Å². The van der Waals surface area contributed by atoms with Crippen molar-refractivity contribution in [3.8, 4) is 11.6 Å². The topological polar surface area (TPSA) is 230 Å². The Hall–Kier alpha value is -5.91. The van der Waals surface area contributed by atoms with Gasteiger partial charge >= 0.3 is 18.1 Å². The molecule has 2 aliphatic heterocycles. The first kappa shape index (κ1) is 38.9. The number of hydrogen-bond donors (Lipinski definition) is 4. The molecule has 0 spiro atoms. The van der Waals surface area contributed by atoms with Gasteiger partial charge in [0.1, 0.15) is 29.4 Å². The maximum absolute atomic E-state index is 13.6.